The smallest absolute Gasteiger partial charge is 0.0897 e. The molecule has 0 spiro atoms. The van der Waals surface area contributed by atoms with Crippen molar-refractivity contribution >= 4 is 11.3 Å². The van der Waals surface area contributed by atoms with Crippen molar-refractivity contribution in [2.75, 3.05) is 0 Å². The van der Waals surface area contributed by atoms with E-state index in [1.165, 1.54) is 68.5 Å². The fraction of sp³-hybridized carbons (Fsp3) is 0.786. The predicted octanol–water partition coefficient (Wildman–Crippen LogP) is 5.13. The lowest BCUT2D eigenvalue weighted by molar-refractivity contribution is 0.574. The van der Waals surface area contributed by atoms with Crippen LogP contribution in [0.3, 0.4) is 0 Å². The van der Waals surface area contributed by atoms with Crippen molar-refractivity contribution in [2.24, 2.45) is 0 Å². The lowest BCUT2D eigenvalue weighted by Gasteiger charge is -2.00. The van der Waals surface area contributed by atoms with Crippen LogP contribution in [0, 0.1) is 6.92 Å². The summed E-state index contributed by atoms with van der Waals surface area (Å²) in [6, 6.07) is 0. The van der Waals surface area contributed by atoms with E-state index in [-0.39, 0.29) is 0 Å². The van der Waals surface area contributed by atoms with Crippen LogP contribution < -0.4 is 0 Å². The SMILES string of the molecule is CCCCCCCCCCc1csc(C)n1. The number of thiazole rings is 1. The highest BCUT2D eigenvalue weighted by molar-refractivity contribution is 7.09. The summed E-state index contributed by atoms with van der Waals surface area (Å²) in [5.74, 6) is 0. The molecule has 0 aliphatic carbocycles. The minimum atomic E-state index is 1.18. The average molecular weight is 239 g/mol. The summed E-state index contributed by atoms with van der Waals surface area (Å²) in [7, 11) is 0. The molecule has 0 N–H and O–H groups in total. The Morgan fingerprint density at radius 1 is 1.00 bits per heavy atom. The maximum absolute atomic E-state index is 4.49. The van der Waals surface area contributed by atoms with Crippen molar-refractivity contribution in [1.29, 1.82) is 0 Å². The molecule has 0 unspecified atom stereocenters. The van der Waals surface area contributed by atoms with E-state index < -0.39 is 0 Å². The molecular weight excluding hydrogens is 214 g/mol. The van der Waals surface area contributed by atoms with Crippen LogP contribution in [0.5, 0.6) is 0 Å². The highest BCUT2D eigenvalue weighted by atomic mass is 32.1. The molecule has 0 radical (unpaired) electrons. The zero-order chi connectivity index (χ0) is 11.6. The fourth-order valence-electron chi connectivity index (χ4n) is 1.96. The summed E-state index contributed by atoms with van der Waals surface area (Å²) in [5.41, 5.74) is 1.30. The van der Waals surface area contributed by atoms with Crippen molar-refractivity contribution in [3.8, 4) is 0 Å². The van der Waals surface area contributed by atoms with Gasteiger partial charge in [-0.1, -0.05) is 51.9 Å². The number of hydrogen-bond acceptors (Lipinski definition) is 2. The number of rotatable bonds is 9. The van der Waals surface area contributed by atoms with Gasteiger partial charge in [-0.05, 0) is 19.8 Å². The highest BCUT2D eigenvalue weighted by Crippen LogP contribution is 2.13. The maximum Gasteiger partial charge on any atom is 0.0897 e. The Labute approximate surface area is 104 Å². The summed E-state index contributed by atoms with van der Waals surface area (Å²) in [5, 5.41) is 3.41. The normalized spacial score (nSPS) is 10.9. The van der Waals surface area contributed by atoms with Crippen LogP contribution in [-0.4, -0.2) is 4.98 Å². The third kappa shape index (κ3) is 6.26. The molecule has 16 heavy (non-hydrogen) atoms. The molecule has 0 fully saturated rings. The van der Waals surface area contributed by atoms with E-state index in [9.17, 15) is 0 Å². The molecule has 0 amide bonds. The molecule has 1 aromatic heterocycles. The monoisotopic (exact) mass is 239 g/mol. The molecule has 1 nitrogen and oxygen atoms in total. The Morgan fingerprint density at radius 3 is 2.19 bits per heavy atom. The Morgan fingerprint density at radius 2 is 1.62 bits per heavy atom. The minimum absolute atomic E-state index is 1.18. The average Bonchev–Trinajstić information content (AvgIpc) is 2.68. The van der Waals surface area contributed by atoms with Crippen molar-refractivity contribution in [3.05, 3.63) is 16.1 Å². The molecule has 0 atom stereocenters. The van der Waals surface area contributed by atoms with Gasteiger partial charge in [0.2, 0.25) is 0 Å². The Bertz CT molecular complexity index is 267. The zero-order valence-corrected chi connectivity index (χ0v) is 11.6. The van der Waals surface area contributed by atoms with Gasteiger partial charge in [0.05, 0.1) is 10.7 Å². The van der Waals surface area contributed by atoms with Crippen LogP contribution in [0.1, 0.15) is 69.0 Å². The number of nitrogens with zero attached hydrogens (tertiary/aromatic N) is 1. The van der Waals surface area contributed by atoms with Gasteiger partial charge in [0, 0.05) is 5.38 Å². The first-order valence-corrected chi connectivity index (χ1v) is 7.62. The molecule has 0 saturated heterocycles. The number of hydrogen-bond donors (Lipinski definition) is 0. The molecule has 0 aliphatic rings. The van der Waals surface area contributed by atoms with E-state index >= 15 is 0 Å². The van der Waals surface area contributed by atoms with Gasteiger partial charge < -0.3 is 0 Å². The van der Waals surface area contributed by atoms with Gasteiger partial charge in [-0.3, -0.25) is 0 Å². The van der Waals surface area contributed by atoms with E-state index in [0.29, 0.717) is 0 Å². The van der Waals surface area contributed by atoms with Crippen LogP contribution in [0.2, 0.25) is 0 Å². The first kappa shape index (κ1) is 13.7. The van der Waals surface area contributed by atoms with Crippen molar-refractivity contribution < 1.29 is 0 Å². The second kappa shape index (κ2) is 8.74. The molecule has 1 heterocycles. The molecule has 0 saturated carbocycles. The molecule has 92 valence electrons. The zero-order valence-electron chi connectivity index (χ0n) is 10.8. The molecule has 0 aliphatic heterocycles. The van der Waals surface area contributed by atoms with Gasteiger partial charge in [0.15, 0.2) is 0 Å². The van der Waals surface area contributed by atoms with Crippen LogP contribution in [0.25, 0.3) is 0 Å². The number of aromatic nitrogens is 1. The van der Waals surface area contributed by atoms with Crippen molar-refractivity contribution in [2.45, 2.75) is 71.6 Å². The topological polar surface area (TPSA) is 12.9 Å². The Balaban J connectivity index is 1.88. The van der Waals surface area contributed by atoms with E-state index in [4.69, 9.17) is 0 Å². The standard InChI is InChI=1S/C14H25NS/c1-3-4-5-6-7-8-9-10-11-14-12-16-13(2)15-14/h12H,3-11H2,1-2H3. The van der Waals surface area contributed by atoms with Gasteiger partial charge in [-0.25, -0.2) is 4.98 Å². The fourth-order valence-corrected chi connectivity index (χ4v) is 2.61. The van der Waals surface area contributed by atoms with Gasteiger partial charge in [0.25, 0.3) is 0 Å². The molecular formula is C14H25NS. The summed E-state index contributed by atoms with van der Waals surface area (Å²) in [6.45, 7) is 4.36. The predicted molar refractivity (Wildman–Crippen MR) is 73.2 cm³/mol. The summed E-state index contributed by atoms with van der Waals surface area (Å²) < 4.78 is 0. The molecule has 1 rings (SSSR count). The van der Waals surface area contributed by atoms with Gasteiger partial charge in [-0.2, -0.15) is 0 Å². The van der Waals surface area contributed by atoms with Gasteiger partial charge in [-0.15, -0.1) is 11.3 Å². The quantitative estimate of drug-likeness (QED) is 0.544. The van der Waals surface area contributed by atoms with Crippen molar-refractivity contribution in [1.82, 2.24) is 4.98 Å². The van der Waals surface area contributed by atoms with Crippen LogP contribution in [0.4, 0.5) is 0 Å². The second-order valence-corrected chi connectivity index (χ2v) is 5.64. The van der Waals surface area contributed by atoms with E-state index in [1.54, 1.807) is 11.3 Å². The summed E-state index contributed by atoms with van der Waals surface area (Å²) in [4.78, 5) is 4.49. The first-order chi connectivity index (χ1) is 7.83. The third-order valence-electron chi connectivity index (χ3n) is 2.95. The van der Waals surface area contributed by atoms with Gasteiger partial charge >= 0.3 is 0 Å². The van der Waals surface area contributed by atoms with Gasteiger partial charge in [0.1, 0.15) is 0 Å². The summed E-state index contributed by atoms with van der Waals surface area (Å²) >= 11 is 1.77. The first-order valence-electron chi connectivity index (χ1n) is 6.74. The lowest BCUT2D eigenvalue weighted by atomic mass is 10.1. The minimum Gasteiger partial charge on any atom is -0.247 e. The maximum atomic E-state index is 4.49. The second-order valence-electron chi connectivity index (χ2n) is 4.58. The molecule has 0 aromatic carbocycles. The largest absolute Gasteiger partial charge is 0.247 e. The molecule has 0 bridgehead atoms. The molecule has 2 heteroatoms. The van der Waals surface area contributed by atoms with Crippen LogP contribution in [0.15, 0.2) is 5.38 Å². The van der Waals surface area contributed by atoms with Crippen LogP contribution in [-0.2, 0) is 6.42 Å². The number of unbranched alkanes of at least 4 members (excludes halogenated alkanes) is 7. The molecule has 1 aromatic rings. The lowest BCUT2D eigenvalue weighted by Crippen LogP contribution is -1.86. The third-order valence-corrected chi connectivity index (χ3v) is 3.78. The van der Waals surface area contributed by atoms with Crippen molar-refractivity contribution in [3.63, 3.8) is 0 Å². The van der Waals surface area contributed by atoms with Crippen LogP contribution >= 0.6 is 11.3 Å². The summed E-state index contributed by atoms with van der Waals surface area (Å²) in [6.07, 6.45) is 12.3. The highest BCUT2D eigenvalue weighted by Gasteiger charge is 1.97. The van der Waals surface area contributed by atoms with E-state index in [0.717, 1.165) is 0 Å². The Kier molecular flexibility index (Phi) is 7.48. The van der Waals surface area contributed by atoms with E-state index in [2.05, 4.69) is 24.2 Å². The number of aryl methyl sites for hydroxylation is 2. The Hall–Kier alpha value is -0.370. The van der Waals surface area contributed by atoms with E-state index in [1.807, 2.05) is 0 Å².